The fourth-order valence-electron chi connectivity index (χ4n) is 2.37. The molecule has 2 aromatic rings. The van der Waals surface area contributed by atoms with Crippen LogP contribution in [0.4, 0.5) is 4.39 Å². The predicted molar refractivity (Wildman–Crippen MR) is 83.6 cm³/mol. The summed E-state index contributed by atoms with van der Waals surface area (Å²) in [7, 11) is 1.90. The number of aryl methyl sites for hydroxylation is 1. The minimum absolute atomic E-state index is 0.244. The summed E-state index contributed by atoms with van der Waals surface area (Å²) in [5.74, 6) is -0.293. The molecule has 1 aromatic heterocycles. The van der Waals surface area contributed by atoms with Crippen molar-refractivity contribution >= 4 is 11.6 Å². The SMILES string of the molecule is Cc1cccc(CN(C)C(CN)c2cc(Cl)ccc2F)n1. The molecular formula is C16H19ClFN3. The molecule has 0 aliphatic heterocycles. The normalized spacial score (nSPS) is 12.7. The van der Waals surface area contributed by atoms with Crippen molar-refractivity contribution in [3.63, 3.8) is 0 Å². The molecule has 1 unspecified atom stereocenters. The summed E-state index contributed by atoms with van der Waals surface area (Å²) < 4.78 is 14.0. The van der Waals surface area contributed by atoms with E-state index in [1.807, 2.05) is 37.1 Å². The first-order valence-corrected chi connectivity index (χ1v) is 7.17. The smallest absolute Gasteiger partial charge is 0.128 e. The molecule has 0 bridgehead atoms. The second-order valence-corrected chi connectivity index (χ2v) is 5.54. The average molecular weight is 308 g/mol. The molecular weight excluding hydrogens is 289 g/mol. The summed E-state index contributed by atoms with van der Waals surface area (Å²) in [4.78, 5) is 6.44. The maximum atomic E-state index is 14.0. The molecule has 0 amide bonds. The van der Waals surface area contributed by atoms with Gasteiger partial charge < -0.3 is 5.73 Å². The molecule has 0 spiro atoms. The number of halogens is 2. The molecule has 5 heteroatoms. The first kappa shape index (κ1) is 15.9. The molecule has 0 saturated heterocycles. The standard InChI is InChI=1S/C16H19ClFN3/c1-11-4-3-5-13(20-11)10-21(2)16(9-19)14-8-12(17)6-7-15(14)18/h3-8,16H,9-10,19H2,1-2H3. The molecule has 2 rings (SSSR count). The first-order chi connectivity index (χ1) is 10.0. The minimum atomic E-state index is -0.293. The van der Waals surface area contributed by atoms with Gasteiger partial charge in [-0.3, -0.25) is 9.88 Å². The highest BCUT2D eigenvalue weighted by atomic mass is 35.5. The molecule has 0 aliphatic rings. The van der Waals surface area contributed by atoms with Crippen molar-refractivity contribution in [2.45, 2.75) is 19.5 Å². The Bertz CT molecular complexity index is 618. The van der Waals surface area contributed by atoms with E-state index < -0.39 is 0 Å². The summed E-state index contributed by atoms with van der Waals surface area (Å²) in [6, 6.07) is 10.2. The largest absolute Gasteiger partial charge is 0.329 e. The summed E-state index contributed by atoms with van der Waals surface area (Å²) in [5.41, 5.74) is 8.24. The monoisotopic (exact) mass is 307 g/mol. The van der Waals surface area contributed by atoms with Gasteiger partial charge in [-0.05, 0) is 44.3 Å². The zero-order chi connectivity index (χ0) is 15.4. The third kappa shape index (κ3) is 4.00. The quantitative estimate of drug-likeness (QED) is 0.921. The van der Waals surface area contributed by atoms with Gasteiger partial charge in [0, 0.05) is 29.4 Å². The number of benzene rings is 1. The number of nitrogens with two attached hydrogens (primary N) is 1. The summed E-state index contributed by atoms with van der Waals surface area (Å²) in [5, 5.41) is 0.506. The number of hydrogen-bond donors (Lipinski definition) is 1. The highest BCUT2D eigenvalue weighted by Gasteiger charge is 2.20. The van der Waals surface area contributed by atoms with E-state index in [4.69, 9.17) is 17.3 Å². The number of nitrogens with zero attached hydrogens (tertiary/aromatic N) is 2. The van der Waals surface area contributed by atoms with Crippen molar-refractivity contribution in [1.29, 1.82) is 0 Å². The molecule has 1 heterocycles. The van der Waals surface area contributed by atoms with Crippen molar-refractivity contribution in [3.05, 3.63) is 64.2 Å². The Morgan fingerprint density at radius 1 is 1.33 bits per heavy atom. The van der Waals surface area contributed by atoms with Gasteiger partial charge >= 0.3 is 0 Å². The lowest BCUT2D eigenvalue weighted by Crippen LogP contribution is -2.31. The number of rotatable bonds is 5. The summed E-state index contributed by atoms with van der Waals surface area (Å²) >= 11 is 5.97. The Morgan fingerprint density at radius 2 is 2.10 bits per heavy atom. The van der Waals surface area contributed by atoms with Crippen LogP contribution in [0.1, 0.15) is 23.0 Å². The van der Waals surface area contributed by atoms with Crippen LogP contribution in [0.5, 0.6) is 0 Å². The van der Waals surface area contributed by atoms with Crippen LogP contribution >= 0.6 is 11.6 Å². The molecule has 0 radical (unpaired) electrons. The van der Waals surface area contributed by atoms with Gasteiger partial charge in [-0.25, -0.2) is 4.39 Å². The Balaban J connectivity index is 2.22. The maximum absolute atomic E-state index is 14.0. The van der Waals surface area contributed by atoms with Crippen LogP contribution in [-0.2, 0) is 6.54 Å². The second kappa shape index (κ2) is 6.98. The van der Waals surface area contributed by atoms with Crippen LogP contribution in [0.2, 0.25) is 5.02 Å². The van der Waals surface area contributed by atoms with Crippen LogP contribution in [0.15, 0.2) is 36.4 Å². The van der Waals surface area contributed by atoms with Crippen molar-refractivity contribution in [2.24, 2.45) is 5.73 Å². The van der Waals surface area contributed by atoms with Crippen molar-refractivity contribution in [3.8, 4) is 0 Å². The molecule has 21 heavy (non-hydrogen) atoms. The van der Waals surface area contributed by atoms with E-state index in [2.05, 4.69) is 4.98 Å². The number of likely N-dealkylation sites (N-methyl/N-ethyl adjacent to an activating group) is 1. The van der Waals surface area contributed by atoms with Crippen LogP contribution in [-0.4, -0.2) is 23.5 Å². The number of aromatic nitrogens is 1. The van der Waals surface area contributed by atoms with Crippen molar-refractivity contribution in [1.82, 2.24) is 9.88 Å². The molecule has 3 nitrogen and oxygen atoms in total. The van der Waals surface area contributed by atoms with Gasteiger partial charge in [-0.2, -0.15) is 0 Å². The van der Waals surface area contributed by atoms with Crippen molar-refractivity contribution < 1.29 is 4.39 Å². The van der Waals surface area contributed by atoms with E-state index in [-0.39, 0.29) is 11.9 Å². The van der Waals surface area contributed by atoms with E-state index in [9.17, 15) is 4.39 Å². The summed E-state index contributed by atoms with van der Waals surface area (Å²) in [6.45, 7) is 2.84. The molecule has 2 N–H and O–H groups in total. The van der Waals surface area contributed by atoms with Gasteiger partial charge in [-0.15, -0.1) is 0 Å². The zero-order valence-corrected chi connectivity index (χ0v) is 12.9. The van der Waals surface area contributed by atoms with Crippen LogP contribution in [0.25, 0.3) is 0 Å². The van der Waals surface area contributed by atoms with Gasteiger partial charge in [0.05, 0.1) is 11.7 Å². The van der Waals surface area contributed by atoms with Crippen LogP contribution < -0.4 is 5.73 Å². The fourth-order valence-corrected chi connectivity index (χ4v) is 2.55. The van der Waals surface area contributed by atoms with Crippen molar-refractivity contribution in [2.75, 3.05) is 13.6 Å². The highest BCUT2D eigenvalue weighted by molar-refractivity contribution is 6.30. The molecule has 0 saturated carbocycles. The van der Waals surface area contributed by atoms with Gasteiger partial charge in [0.15, 0.2) is 0 Å². The minimum Gasteiger partial charge on any atom is -0.329 e. The van der Waals surface area contributed by atoms with E-state index in [1.54, 1.807) is 6.07 Å². The molecule has 112 valence electrons. The van der Waals surface area contributed by atoms with E-state index in [0.29, 0.717) is 23.7 Å². The molecule has 0 fully saturated rings. The maximum Gasteiger partial charge on any atom is 0.128 e. The third-order valence-electron chi connectivity index (χ3n) is 3.43. The third-order valence-corrected chi connectivity index (χ3v) is 3.66. The number of pyridine rings is 1. The lowest BCUT2D eigenvalue weighted by molar-refractivity contribution is 0.234. The molecule has 0 aliphatic carbocycles. The number of hydrogen-bond acceptors (Lipinski definition) is 3. The van der Waals surface area contributed by atoms with Gasteiger partial charge in [0.1, 0.15) is 5.82 Å². The Hall–Kier alpha value is -1.49. The average Bonchev–Trinajstić information content (AvgIpc) is 2.43. The van der Waals surface area contributed by atoms with E-state index in [1.165, 1.54) is 12.1 Å². The van der Waals surface area contributed by atoms with Gasteiger partial charge in [-0.1, -0.05) is 17.7 Å². The van der Waals surface area contributed by atoms with Gasteiger partial charge in [0.2, 0.25) is 0 Å². The Morgan fingerprint density at radius 3 is 2.76 bits per heavy atom. The van der Waals surface area contributed by atoms with Crippen LogP contribution in [0.3, 0.4) is 0 Å². The van der Waals surface area contributed by atoms with Crippen LogP contribution in [0, 0.1) is 12.7 Å². The Labute approximate surface area is 129 Å². The van der Waals surface area contributed by atoms with E-state index in [0.717, 1.165) is 11.4 Å². The van der Waals surface area contributed by atoms with Gasteiger partial charge in [0.25, 0.3) is 0 Å². The van der Waals surface area contributed by atoms with E-state index >= 15 is 0 Å². The zero-order valence-electron chi connectivity index (χ0n) is 12.2. The second-order valence-electron chi connectivity index (χ2n) is 5.10. The first-order valence-electron chi connectivity index (χ1n) is 6.79. The summed E-state index contributed by atoms with van der Waals surface area (Å²) in [6.07, 6.45) is 0. The fraction of sp³-hybridized carbons (Fsp3) is 0.312. The molecule has 1 atom stereocenters. The highest BCUT2D eigenvalue weighted by Crippen LogP contribution is 2.25. The molecule has 1 aromatic carbocycles. The lowest BCUT2D eigenvalue weighted by Gasteiger charge is -2.27. The lowest BCUT2D eigenvalue weighted by atomic mass is 10.0. The topological polar surface area (TPSA) is 42.1 Å². The Kier molecular flexibility index (Phi) is 5.28. The predicted octanol–water partition coefficient (Wildman–Crippen LogP) is 3.31.